The third-order valence-corrected chi connectivity index (χ3v) is 3.23. The van der Waals surface area contributed by atoms with Crippen molar-refractivity contribution in [2.24, 2.45) is 0 Å². The molecule has 94 valence electrons. The molecule has 2 rings (SSSR count). The van der Waals surface area contributed by atoms with Gasteiger partial charge in [0.15, 0.2) is 0 Å². The number of aromatic nitrogens is 2. The second-order valence-electron chi connectivity index (χ2n) is 4.62. The van der Waals surface area contributed by atoms with Crippen molar-refractivity contribution in [2.45, 2.75) is 33.1 Å². The molecule has 0 aliphatic carbocycles. The molecule has 0 radical (unpaired) electrons. The van der Waals surface area contributed by atoms with E-state index in [1.165, 1.54) is 16.7 Å². The molecule has 0 atom stereocenters. The van der Waals surface area contributed by atoms with Crippen LogP contribution in [-0.4, -0.2) is 9.97 Å². The van der Waals surface area contributed by atoms with Gasteiger partial charge in [0.2, 0.25) is 0 Å². The van der Waals surface area contributed by atoms with E-state index in [0.717, 1.165) is 30.7 Å². The molecule has 18 heavy (non-hydrogen) atoms. The van der Waals surface area contributed by atoms with Gasteiger partial charge in [0.1, 0.15) is 5.82 Å². The van der Waals surface area contributed by atoms with Gasteiger partial charge in [-0.15, -0.1) is 0 Å². The summed E-state index contributed by atoms with van der Waals surface area (Å²) >= 11 is 0. The van der Waals surface area contributed by atoms with Crippen LogP contribution in [0.15, 0.2) is 37.2 Å². The molecule has 0 bridgehead atoms. The van der Waals surface area contributed by atoms with Gasteiger partial charge in [-0.1, -0.05) is 37.3 Å². The van der Waals surface area contributed by atoms with E-state index in [9.17, 15) is 0 Å². The van der Waals surface area contributed by atoms with Crippen LogP contribution in [0.5, 0.6) is 0 Å². The highest BCUT2D eigenvalue weighted by Gasteiger charge is 2.08. The van der Waals surface area contributed by atoms with Crippen molar-refractivity contribution in [1.82, 2.24) is 9.97 Å². The van der Waals surface area contributed by atoms with Gasteiger partial charge in [-0.2, -0.15) is 0 Å². The summed E-state index contributed by atoms with van der Waals surface area (Å²) in [6, 6.07) is 6.54. The molecule has 0 amide bonds. The van der Waals surface area contributed by atoms with Crippen LogP contribution in [0.2, 0.25) is 0 Å². The van der Waals surface area contributed by atoms with Gasteiger partial charge in [0.25, 0.3) is 0 Å². The number of aryl methyl sites for hydroxylation is 3. The van der Waals surface area contributed by atoms with Crippen LogP contribution in [0.25, 0.3) is 5.57 Å². The molecule has 0 fully saturated rings. The quantitative estimate of drug-likeness (QED) is 0.846. The van der Waals surface area contributed by atoms with Crippen LogP contribution in [-0.2, 0) is 19.3 Å². The van der Waals surface area contributed by atoms with Gasteiger partial charge in [0, 0.05) is 18.8 Å². The Morgan fingerprint density at radius 1 is 1.28 bits per heavy atom. The summed E-state index contributed by atoms with van der Waals surface area (Å²) in [5.41, 5.74) is 5.26. The molecule has 2 heteroatoms. The summed E-state index contributed by atoms with van der Waals surface area (Å²) in [7, 11) is 0. The Kier molecular flexibility index (Phi) is 3.98. The SMILES string of the molecule is C=C(C)c1c(CC)cccc1CCc1ncc[nH]1. The van der Waals surface area contributed by atoms with E-state index < -0.39 is 0 Å². The minimum absolute atomic E-state index is 0.945. The fraction of sp³-hybridized carbons (Fsp3) is 0.312. The molecule has 2 nitrogen and oxygen atoms in total. The number of nitrogens with one attached hydrogen (secondary N) is 1. The van der Waals surface area contributed by atoms with Crippen LogP contribution in [0, 0.1) is 0 Å². The Labute approximate surface area is 109 Å². The maximum absolute atomic E-state index is 4.27. The van der Waals surface area contributed by atoms with Crippen LogP contribution in [0.1, 0.15) is 36.4 Å². The van der Waals surface area contributed by atoms with Gasteiger partial charge in [-0.25, -0.2) is 4.98 Å². The third-order valence-electron chi connectivity index (χ3n) is 3.23. The largest absolute Gasteiger partial charge is 0.349 e. The standard InChI is InChI=1S/C16H20N2/c1-4-13-6-5-7-14(16(13)12(2)3)8-9-15-17-10-11-18-15/h5-7,10-11H,2,4,8-9H2,1,3H3,(H,17,18). The highest BCUT2D eigenvalue weighted by Crippen LogP contribution is 2.24. The number of imidazole rings is 1. The maximum Gasteiger partial charge on any atom is 0.106 e. The van der Waals surface area contributed by atoms with Crippen LogP contribution < -0.4 is 0 Å². The third kappa shape index (κ3) is 2.70. The molecule has 2 aromatic rings. The number of benzene rings is 1. The van der Waals surface area contributed by atoms with Gasteiger partial charge >= 0.3 is 0 Å². The van der Waals surface area contributed by atoms with Crippen molar-refractivity contribution in [3.05, 3.63) is 59.7 Å². The number of rotatable bonds is 5. The first-order valence-electron chi connectivity index (χ1n) is 6.47. The van der Waals surface area contributed by atoms with Crippen molar-refractivity contribution < 1.29 is 0 Å². The topological polar surface area (TPSA) is 28.7 Å². The van der Waals surface area contributed by atoms with Gasteiger partial charge < -0.3 is 4.98 Å². The summed E-state index contributed by atoms with van der Waals surface area (Å²) < 4.78 is 0. The Morgan fingerprint density at radius 3 is 2.67 bits per heavy atom. The predicted molar refractivity (Wildman–Crippen MR) is 76.5 cm³/mol. The first kappa shape index (κ1) is 12.6. The smallest absolute Gasteiger partial charge is 0.106 e. The summed E-state index contributed by atoms with van der Waals surface area (Å²) in [4.78, 5) is 7.42. The van der Waals surface area contributed by atoms with E-state index in [0.29, 0.717) is 0 Å². The monoisotopic (exact) mass is 240 g/mol. The molecule has 0 saturated carbocycles. The molecule has 0 aliphatic rings. The molecule has 0 unspecified atom stereocenters. The first-order valence-corrected chi connectivity index (χ1v) is 6.47. The highest BCUT2D eigenvalue weighted by atomic mass is 14.9. The second kappa shape index (κ2) is 5.67. The molecule has 1 heterocycles. The number of H-pyrrole nitrogens is 1. The molecule has 1 N–H and O–H groups in total. The van der Waals surface area contributed by atoms with Crippen LogP contribution in [0.3, 0.4) is 0 Å². The van der Waals surface area contributed by atoms with Gasteiger partial charge in [-0.05, 0) is 36.5 Å². The molecule has 1 aromatic carbocycles. The lowest BCUT2D eigenvalue weighted by atomic mass is 9.92. The zero-order valence-corrected chi connectivity index (χ0v) is 11.2. The lowest BCUT2D eigenvalue weighted by Crippen LogP contribution is -2.00. The fourth-order valence-corrected chi connectivity index (χ4v) is 2.39. The van der Waals surface area contributed by atoms with E-state index in [1.54, 1.807) is 6.20 Å². The van der Waals surface area contributed by atoms with Crippen molar-refractivity contribution in [3.63, 3.8) is 0 Å². The van der Waals surface area contributed by atoms with E-state index in [4.69, 9.17) is 0 Å². The lowest BCUT2D eigenvalue weighted by molar-refractivity contribution is 0.878. The first-order chi connectivity index (χ1) is 8.72. The van der Waals surface area contributed by atoms with E-state index in [-0.39, 0.29) is 0 Å². The van der Waals surface area contributed by atoms with Crippen molar-refractivity contribution in [2.75, 3.05) is 0 Å². The maximum atomic E-state index is 4.27. The van der Waals surface area contributed by atoms with E-state index in [2.05, 4.69) is 48.6 Å². The number of nitrogens with zero attached hydrogens (tertiary/aromatic N) is 1. The second-order valence-corrected chi connectivity index (χ2v) is 4.62. The summed E-state index contributed by atoms with van der Waals surface area (Å²) in [6.07, 6.45) is 6.68. The lowest BCUT2D eigenvalue weighted by Gasteiger charge is -2.13. The summed E-state index contributed by atoms with van der Waals surface area (Å²) in [5.74, 6) is 1.05. The number of allylic oxidation sites excluding steroid dienone is 1. The molecule has 0 saturated heterocycles. The Bertz CT molecular complexity index is 524. The van der Waals surface area contributed by atoms with Crippen LogP contribution >= 0.6 is 0 Å². The number of hydrogen-bond acceptors (Lipinski definition) is 1. The fourth-order valence-electron chi connectivity index (χ4n) is 2.39. The van der Waals surface area contributed by atoms with Crippen molar-refractivity contribution >= 4 is 5.57 Å². The Morgan fingerprint density at radius 2 is 2.06 bits per heavy atom. The van der Waals surface area contributed by atoms with E-state index >= 15 is 0 Å². The molecule has 0 spiro atoms. The minimum Gasteiger partial charge on any atom is -0.349 e. The average Bonchev–Trinajstić information content (AvgIpc) is 2.88. The van der Waals surface area contributed by atoms with Crippen molar-refractivity contribution in [1.29, 1.82) is 0 Å². The Hall–Kier alpha value is -1.83. The zero-order chi connectivity index (χ0) is 13.0. The zero-order valence-electron chi connectivity index (χ0n) is 11.2. The van der Waals surface area contributed by atoms with Crippen molar-refractivity contribution in [3.8, 4) is 0 Å². The summed E-state index contributed by atoms with van der Waals surface area (Å²) in [5, 5.41) is 0. The summed E-state index contributed by atoms with van der Waals surface area (Å²) in [6.45, 7) is 8.40. The predicted octanol–water partition coefficient (Wildman–Crippen LogP) is 3.79. The highest BCUT2D eigenvalue weighted by molar-refractivity contribution is 5.67. The number of hydrogen-bond donors (Lipinski definition) is 1. The van der Waals surface area contributed by atoms with Gasteiger partial charge in [-0.3, -0.25) is 0 Å². The molecule has 0 aliphatic heterocycles. The Balaban J connectivity index is 2.24. The minimum atomic E-state index is 0.945. The molecular weight excluding hydrogens is 220 g/mol. The van der Waals surface area contributed by atoms with E-state index in [1.807, 2.05) is 6.20 Å². The normalized spacial score (nSPS) is 10.6. The average molecular weight is 240 g/mol. The molecular formula is C16H20N2. The van der Waals surface area contributed by atoms with Gasteiger partial charge in [0.05, 0.1) is 0 Å². The number of aromatic amines is 1. The van der Waals surface area contributed by atoms with Crippen LogP contribution in [0.4, 0.5) is 0 Å². The molecule has 1 aromatic heterocycles.